The second kappa shape index (κ2) is 8.89. The van der Waals surface area contributed by atoms with Gasteiger partial charge in [-0.25, -0.2) is 0 Å². The van der Waals surface area contributed by atoms with Gasteiger partial charge < -0.3 is 14.4 Å². The molecule has 3 aromatic rings. The lowest BCUT2D eigenvalue weighted by Gasteiger charge is -2.38. The van der Waals surface area contributed by atoms with Crippen molar-refractivity contribution in [2.24, 2.45) is 0 Å². The number of hydrogen-bond acceptors (Lipinski definition) is 6. The molecule has 2 fully saturated rings. The number of rotatable bonds is 4. The molecule has 168 valence electrons. The largest absolute Gasteiger partial charge is 0.451 e. The van der Waals surface area contributed by atoms with Gasteiger partial charge in [0, 0.05) is 55.3 Å². The van der Waals surface area contributed by atoms with Gasteiger partial charge >= 0.3 is 0 Å². The molecule has 32 heavy (non-hydrogen) atoms. The molecule has 2 aromatic heterocycles. The Balaban J connectivity index is 1.28. The molecule has 1 N–H and O–H groups in total. The minimum absolute atomic E-state index is 0.0418. The average molecular weight is 452 g/mol. The fourth-order valence-corrected chi connectivity index (χ4v) is 5.55. The number of nitrogens with zero attached hydrogens (tertiary/aromatic N) is 3. The van der Waals surface area contributed by atoms with Crippen LogP contribution in [-0.2, 0) is 12.1 Å². The molecule has 0 bridgehead atoms. The van der Waals surface area contributed by atoms with Crippen molar-refractivity contribution in [1.29, 1.82) is 0 Å². The summed E-state index contributed by atoms with van der Waals surface area (Å²) in [5, 5.41) is 12.3. The first-order valence-corrected chi connectivity index (χ1v) is 12.4. The summed E-state index contributed by atoms with van der Waals surface area (Å²) < 4.78 is 5.86. The van der Waals surface area contributed by atoms with Gasteiger partial charge in [-0.2, -0.15) is 11.8 Å². The number of furan rings is 1. The van der Waals surface area contributed by atoms with Crippen LogP contribution in [0.15, 0.2) is 46.9 Å². The topological polar surface area (TPSA) is 69.8 Å². The molecular weight excluding hydrogens is 422 g/mol. The molecule has 0 aliphatic carbocycles. The number of benzene rings is 1. The van der Waals surface area contributed by atoms with Crippen molar-refractivity contribution in [3.63, 3.8) is 0 Å². The molecule has 1 amide bonds. The van der Waals surface area contributed by atoms with Crippen molar-refractivity contribution < 1.29 is 14.3 Å². The fourth-order valence-electron chi connectivity index (χ4n) is 4.65. The van der Waals surface area contributed by atoms with Crippen molar-refractivity contribution in [2.45, 2.75) is 31.9 Å². The highest BCUT2D eigenvalue weighted by Crippen LogP contribution is 2.35. The molecule has 0 saturated carbocycles. The van der Waals surface area contributed by atoms with E-state index in [9.17, 15) is 9.90 Å². The number of fused-ring (bicyclic) bond motifs is 1. The van der Waals surface area contributed by atoms with E-state index in [4.69, 9.17) is 4.42 Å². The lowest BCUT2D eigenvalue weighted by Crippen LogP contribution is -2.42. The molecule has 6 nitrogen and oxygen atoms in total. The maximum Gasteiger partial charge on any atom is 0.289 e. The zero-order valence-electron chi connectivity index (χ0n) is 18.4. The Hall–Kier alpha value is -2.35. The first kappa shape index (κ1) is 21.5. The number of aryl methyl sites for hydroxylation is 1. The summed E-state index contributed by atoms with van der Waals surface area (Å²) in [7, 11) is 0. The van der Waals surface area contributed by atoms with Crippen molar-refractivity contribution in [1.82, 2.24) is 14.8 Å². The van der Waals surface area contributed by atoms with Crippen LogP contribution in [0.4, 0.5) is 0 Å². The predicted octanol–water partition coefficient (Wildman–Crippen LogP) is 3.81. The Morgan fingerprint density at radius 2 is 1.91 bits per heavy atom. The quantitative estimate of drug-likeness (QED) is 0.651. The highest BCUT2D eigenvalue weighted by molar-refractivity contribution is 7.99. The molecule has 0 unspecified atom stereocenters. The van der Waals surface area contributed by atoms with E-state index in [2.05, 4.69) is 16.0 Å². The van der Waals surface area contributed by atoms with E-state index in [1.807, 2.05) is 60.0 Å². The molecule has 0 radical (unpaired) electrons. The van der Waals surface area contributed by atoms with Gasteiger partial charge in [-0.1, -0.05) is 12.1 Å². The Bertz CT molecular complexity index is 1110. The Labute approximate surface area is 192 Å². The van der Waals surface area contributed by atoms with Crippen molar-refractivity contribution in [3.05, 3.63) is 65.2 Å². The molecule has 2 aliphatic rings. The van der Waals surface area contributed by atoms with Gasteiger partial charge in [0.25, 0.3) is 5.91 Å². The van der Waals surface area contributed by atoms with E-state index in [1.165, 1.54) is 0 Å². The standard InChI is InChI=1S/C25H29N3O3S/c1-18-3-2-4-21(26-18)17-27-9-7-25(30,8-10-27)20-5-6-22-19(15-20)16-23(31-22)24(29)28-11-13-32-14-12-28/h2-6,15-16,30H,7-14,17H2,1H3. The third kappa shape index (κ3) is 4.42. The first-order valence-electron chi connectivity index (χ1n) is 11.3. The third-order valence-corrected chi connectivity index (χ3v) is 7.52. The number of likely N-dealkylation sites (tertiary alicyclic amines) is 1. The number of piperidine rings is 1. The van der Waals surface area contributed by atoms with Crippen LogP contribution in [0.1, 0.15) is 40.3 Å². The minimum Gasteiger partial charge on any atom is -0.451 e. The lowest BCUT2D eigenvalue weighted by atomic mass is 9.84. The predicted molar refractivity (Wildman–Crippen MR) is 127 cm³/mol. The highest BCUT2D eigenvalue weighted by Gasteiger charge is 2.34. The molecule has 0 spiro atoms. The molecular formula is C25H29N3O3S. The van der Waals surface area contributed by atoms with Crippen LogP contribution in [0.3, 0.4) is 0 Å². The highest BCUT2D eigenvalue weighted by atomic mass is 32.2. The van der Waals surface area contributed by atoms with Crippen LogP contribution in [-0.4, -0.2) is 63.5 Å². The number of thioether (sulfide) groups is 1. The van der Waals surface area contributed by atoms with Crippen LogP contribution < -0.4 is 0 Å². The SMILES string of the molecule is Cc1cccc(CN2CCC(O)(c3ccc4oc(C(=O)N5CCSCC5)cc4c3)CC2)n1. The smallest absolute Gasteiger partial charge is 0.289 e. The van der Waals surface area contributed by atoms with Crippen LogP contribution >= 0.6 is 11.8 Å². The van der Waals surface area contributed by atoms with Gasteiger partial charge in [0.05, 0.1) is 11.3 Å². The van der Waals surface area contributed by atoms with Gasteiger partial charge in [0.1, 0.15) is 5.58 Å². The van der Waals surface area contributed by atoms with E-state index in [0.29, 0.717) is 24.2 Å². The third-order valence-electron chi connectivity index (χ3n) is 6.58. The number of carbonyl (C=O) groups is 1. The molecule has 2 aliphatic heterocycles. The number of carbonyl (C=O) groups excluding carboxylic acids is 1. The Kier molecular flexibility index (Phi) is 5.97. The zero-order chi connectivity index (χ0) is 22.1. The number of pyridine rings is 1. The molecule has 5 rings (SSSR count). The number of hydrogen-bond donors (Lipinski definition) is 1. The van der Waals surface area contributed by atoms with E-state index in [1.54, 1.807) is 0 Å². The summed E-state index contributed by atoms with van der Waals surface area (Å²) in [6.45, 7) is 5.97. The second-order valence-electron chi connectivity index (χ2n) is 8.85. The Morgan fingerprint density at radius 3 is 2.66 bits per heavy atom. The van der Waals surface area contributed by atoms with Crippen molar-refractivity contribution >= 4 is 28.6 Å². The van der Waals surface area contributed by atoms with E-state index in [0.717, 1.165) is 66.6 Å². The average Bonchev–Trinajstić information content (AvgIpc) is 3.24. The molecule has 1 aromatic carbocycles. The van der Waals surface area contributed by atoms with E-state index in [-0.39, 0.29) is 5.91 Å². The van der Waals surface area contributed by atoms with Crippen LogP contribution in [0.2, 0.25) is 0 Å². The number of amides is 1. The summed E-state index contributed by atoms with van der Waals surface area (Å²) in [5.74, 6) is 2.29. The Morgan fingerprint density at radius 1 is 1.12 bits per heavy atom. The summed E-state index contributed by atoms with van der Waals surface area (Å²) in [6, 6.07) is 13.7. The van der Waals surface area contributed by atoms with E-state index < -0.39 is 5.60 Å². The van der Waals surface area contributed by atoms with Gasteiger partial charge in [-0.05, 0) is 55.7 Å². The molecule has 0 atom stereocenters. The van der Waals surface area contributed by atoms with Gasteiger partial charge in [0.2, 0.25) is 0 Å². The minimum atomic E-state index is -0.865. The van der Waals surface area contributed by atoms with Gasteiger partial charge in [0.15, 0.2) is 5.76 Å². The zero-order valence-corrected chi connectivity index (χ0v) is 19.2. The summed E-state index contributed by atoms with van der Waals surface area (Å²) >= 11 is 1.88. The second-order valence-corrected chi connectivity index (χ2v) is 10.1. The molecule has 7 heteroatoms. The van der Waals surface area contributed by atoms with Crippen molar-refractivity contribution in [3.8, 4) is 0 Å². The molecule has 2 saturated heterocycles. The van der Waals surface area contributed by atoms with Gasteiger partial charge in [-0.3, -0.25) is 14.7 Å². The maximum absolute atomic E-state index is 12.8. The first-order chi connectivity index (χ1) is 15.5. The van der Waals surface area contributed by atoms with Crippen LogP contribution in [0.25, 0.3) is 11.0 Å². The fraction of sp³-hybridized carbons (Fsp3) is 0.440. The molecule has 4 heterocycles. The van der Waals surface area contributed by atoms with Crippen LogP contribution in [0.5, 0.6) is 0 Å². The van der Waals surface area contributed by atoms with Crippen LogP contribution in [0, 0.1) is 6.92 Å². The summed E-state index contributed by atoms with van der Waals surface area (Å²) in [6.07, 6.45) is 1.33. The van der Waals surface area contributed by atoms with Gasteiger partial charge in [-0.15, -0.1) is 0 Å². The monoisotopic (exact) mass is 451 g/mol. The number of aromatic nitrogens is 1. The summed E-state index contributed by atoms with van der Waals surface area (Å²) in [4.78, 5) is 21.6. The number of aliphatic hydroxyl groups is 1. The normalized spacial score (nSPS) is 19.4. The maximum atomic E-state index is 12.8. The van der Waals surface area contributed by atoms with Crippen molar-refractivity contribution in [2.75, 3.05) is 37.7 Å². The van der Waals surface area contributed by atoms with E-state index >= 15 is 0 Å². The summed E-state index contributed by atoms with van der Waals surface area (Å²) in [5.41, 5.74) is 2.82. The lowest BCUT2D eigenvalue weighted by molar-refractivity contribution is -0.0278.